The van der Waals surface area contributed by atoms with Gasteiger partial charge in [-0.1, -0.05) is 87.5 Å². The molecule has 0 radical (unpaired) electrons. The van der Waals surface area contributed by atoms with Crippen LogP contribution in [0.25, 0.3) is 0 Å². The van der Waals surface area contributed by atoms with Gasteiger partial charge >= 0.3 is 6.18 Å². The van der Waals surface area contributed by atoms with Crippen molar-refractivity contribution < 1.29 is 32.6 Å². The molecule has 8 nitrogen and oxygen atoms in total. The van der Waals surface area contributed by atoms with Crippen molar-refractivity contribution in [2.45, 2.75) is 53.4 Å². The lowest BCUT2D eigenvalue weighted by Crippen LogP contribution is -2.32. The Bertz CT molecular complexity index is 1630. The van der Waals surface area contributed by atoms with Crippen LogP contribution >= 0.6 is 0 Å². The van der Waals surface area contributed by atoms with Crippen LogP contribution in [0.4, 0.5) is 24.5 Å². The lowest BCUT2D eigenvalue weighted by Gasteiger charge is -2.22. The Balaban J connectivity index is 0.000000392. The summed E-state index contributed by atoms with van der Waals surface area (Å²) in [6.45, 7) is 10.5. The number of benzene rings is 4. The Labute approximate surface area is 313 Å². The van der Waals surface area contributed by atoms with E-state index in [9.17, 15) is 22.8 Å². The van der Waals surface area contributed by atoms with Crippen molar-refractivity contribution in [2.75, 3.05) is 57.7 Å². The zero-order valence-corrected chi connectivity index (χ0v) is 32.0. The smallest absolute Gasteiger partial charge is 0.416 e. The molecule has 0 saturated carbocycles. The molecule has 2 N–H and O–H groups in total. The van der Waals surface area contributed by atoms with Gasteiger partial charge in [0.2, 0.25) is 12.3 Å². The first-order valence-electron chi connectivity index (χ1n) is 17.8. The number of rotatable bonds is 16. The summed E-state index contributed by atoms with van der Waals surface area (Å²) in [6.07, 6.45) is -3.84. The molecule has 2 amide bonds. The van der Waals surface area contributed by atoms with Crippen LogP contribution in [0.2, 0.25) is 0 Å². The average Bonchev–Trinajstić information content (AvgIpc) is 3.13. The molecule has 11 heteroatoms. The van der Waals surface area contributed by atoms with Crippen molar-refractivity contribution in [3.8, 4) is 5.75 Å². The molecule has 53 heavy (non-hydrogen) atoms. The SMILES string of the molecule is CC.CN(C)Cc1ccc(CN(C)c2ccccc2)cc1.Cc1cccc(NC(=O)Cc2ccc(C(F)(F)F)cc2)c1OC[C@H](C)CN(C=O)CCO. The summed E-state index contributed by atoms with van der Waals surface area (Å²) in [5.41, 5.74) is 4.89. The van der Waals surface area contributed by atoms with Crippen molar-refractivity contribution in [1.82, 2.24) is 9.80 Å². The van der Waals surface area contributed by atoms with Gasteiger partial charge in [-0.15, -0.1) is 0 Å². The first-order valence-corrected chi connectivity index (χ1v) is 17.8. The number of carbonyl (C=O) groups is 2. The van der Waals surface area contributed by atoms with E-state index in [4.69, 9.17) is 9.84 Å². The minimum absolute atomic E-state index is 0.0259. The van der Waals surface area contributed by atoms with Crippen molar-refractivity contribution in [2.24, 2.45) is 5.92 Å². The number of amides is 2. The third-order valence-electron chi connectivity index (χ3n) is 7.87. The number of ether oxygens (including phenoxy) is 1. The van der Waals surface area contributed by atoms with E-state index in [1.54, 1.807) is 12.1 Å². The maximum Gasteiger partial charge on any atom is 0.416 e. The second-order valence-electron chi connectivity index (χ2n) is 12.9. The van der Waals surface area contributed by atoms with Crippen molar-refractivity contribution in [3.05, 3.63) is 125 Å². The molecule has 0 saturated heterocycles. The van der Waals surface area contributed by atoms with Crippen molar-refractivity contribution in [3.63, 3.8) is 0 Å². The maximum atomic E-state index is 12.7. The molecule has 0 aromatic heterocycles. The molecular formula is C42H55F3N4O4. The highest BCUT2D eigenvalue weighted by molar-refractivity contribution is 5.94. The van der Waals surface area contributed by atoms with Crippen LogP contribution in [0.5, 0.6) is 5.75 Å². The molecule has 0 spiro atoms. The highest BCUT2D eigenvalue weighted by Crippen LogP contribution is 2.31. The molecule has 0 aliphatic carbocycles. The van der Waals surface area contributed by atoms with Gasteiger partial charge in [0, 0.05) is 44.8 Å². The predicted molar refractivity (Wildman–Crippen MR) is 208 cm³/mol. The van der Waals surface area contributed by atoms with Gasteiger partial charge < -0.3 is 29.9 Å². The molecule has 0 unspecified atom stereocenters. The zero-order valence-electron chi connectivity index (χ0n) is 32.0. The standard InChI is InChI=1S/C23H27F3N2O4.C17H22N2.C2H6/c1-16(13-28(15-30)10-11-29)14-32-22-17(2)4-3-5-20(22)27-21(31)12-18-6-8-19(9-7-18)23(24,25)26;1-18(2)13-15-9-11-16(12-10-15)14-19(3)17-7-5-4-6-8-17;1-2/h3-9,15-16,29H,10-14H2,1-2H3,(H,27,31);4-12H,13-14H2,1-3H3;1-2H3/t16-;;/m1../s1. The predicted octanol–water partition coefficient (Wildman–Crippen LogP) is 8.07. The molecule has 4 aromatic rings. The number of nitrogens with one attached hydrogen (secondary N) is 1. The molecule has 4 rings (SSSR count). The van der Waals surface area contributed by atoms with Gasteiger partial charge in [-0.3, -0.25) is 9.59 Å². The summed E-state index contributed by atoms with van der Waals surface area (Å²) >= 11 is 0. The van der Waals surface area contributed by atoms with Gasteiger partial charge in [-0.25, -0.2) is 0 Å². The lowest BCUT2D eigenvalue weighted by molar-refractivity contribution is -0.137. The quantitative estimate of drug-likeness (QED) is 0.113. The number of anilines is 2. The monoisotopic (exact) mass is 736 g/mol. The van der Waals surface area contributed by atoms with Crippen molar-refractivity contribution in [1.29, 1.82) is 0 Å². The van der Waals surface area contributed by atoms with E-state index >= 15 is 0 Å². The topological polar surface area (TPSA) is 85.4 Å². The largest absolute Gasteiger partial charge is 0.491 e. The highest BCUT2D eigenvalue weighted by atomic mass is 19.4. The Morgan fingerprint density at radius 1 is 0.849 bits per heavy atom. The van der Waals surface area contributed by atoms with Gasteiger partial charge in [0.05, 0.1) is 30.9 Å². The number of aryl methyl sites for hydroxylation is 1. The number of nitrogens with zero attached hydrogens (tertiary/aromatic N) is 3. The van der Waals surface area contributed by atoms with E-state index in [0.29, 0.717) is 30.0 Å². The molecule has 0 bridgehead atoms. The van der Waals surface area contributed by atoms with E-state index in [2.05, 4.69) is 84.8 Å². The van der Waals surface area contributed by atoms with Crippen LogP contribution in [0, 0.1) is 12.8 Å². The summed E-state index contributed by atoms with van der Waals surface area (Å²) in [7, 11) is 6.32. The number of halogens is 3. The molecule has 0 aliphatic heterocycles. The number of carbonyl (C=O) groups excluding carboxylic acids is 2. The third kappa shape index (κ3) is 16.1. The molecule has 4 aromatic carbocycles. The highest BCUT2D eigenvalue weighted by Gasteiger charge is 2.30. The number of aliphatic hydroxyl groups excluding tert-OH is 1. The maximum absolute atomic E-state index is 12.7. The molecular weight excluding hydrogens is 681 g/mol. The lowest BCUT2D eigenvalue weighted by atomic mass is 10.1. The Kier molecular flexibility index (Phi) is 19.2. The van der Waals surface area contributed by atoms with E-state index in [0.717, 1.165) is 30.8 Å². The molecule has 0 fully saturated rings. The second kappa shape index (κ2) is 22.9. The minimum atomic E-state index is -4.42. The van der Waals surface area contributed by atoms with Gasteiger partial charge in [0.25, 0.3) is 0 Å². The number of hydrogen-bond donors (Lipinski definition) is 2. The fraction of sp³-hybridized carbons (Fsp3) is 0.381. The Hall–Kier alpha value is -4.87. The van der Waals surface area contributed by atoms with E-state index in [-0.39, 0.29) is 38.0 Å². The van der Waals surface area contributed by atoms with Gasteiger partial charge in [0.1, 0.15) is 5.75 Å². The summed E-state index contributed by atoms with van der Waals surface area (Å²) in [6, 6.07) is 29.1. The first kappa shape index (κ1) is 44.3. The molecule has 0 aliphatic rings. The van der Waals surface area contributed by atoms with Crippen LogP contribution < -0.4 is 15.0 Å². The van der Waals surface area contributed by atoms with Crippen LogP contribution in [-0.2, 0) is 35.3 Å². The summed E-state index contributed by atoms with van der Waals surface area (Å²) < 4.78 is 44.0. The van der Waals surface area contributed by atoms with E-state index in [1.807, 2.05) is 39.8 Å². The Morgan fingerprint density at radius 2 is 1.43 bits per heavy atom. The number of hydrogen-bond acceptors (Lipinski definition) is 6. The van der Waals surface area contributed by atoms with Crippen LogP contribution in [-0.4, -0.2) is 74.7 Å². The fourth-order valence-electron chi connectivity index (χ4n) is 5.29. The van der Waals surface area contributed by atoms with Gasteiger partial charge in [-0.2, -0.15) is 13.2 Å². The summed E-state index contributed by atoms with van der Waals surface area (Å²) in [5.74, 6) is 0.0744. The molecule has 1 atom stereocenters. The average molecular weight is 737 g/mol. The third-order valence-corrected chi connectivity index (χ3v) is 7.87. The zero-order chi connectivity index (χ0) is 39.4. The first-order chi connectivity index (χ1) is 25.3. The normalized spacial score (nSPS) is 11.3. The van der Waals surface area contributed by atoms with E-state index in [1.165, 1.54) is 33.8 Å². The number of para-hydroxylation sites is 2. The molecule has 0 heterocycles. The number of alkyl halides is 3. The van der Waals surface area contributed by atoms with Crippen LogP contribution in [0.15, 0.2) is 97.1 Å². The summed E-state index contributed by atoms with van der Waals surface area (Å²) in [5, 5.41) is 11.7. The summed E-state index contributed by atoms with van der Waals surface area (Å²) in [4.78, 5) is 29.4. The van der Waals surface area contributed by atoms with Crippen LogP contribution in [0.1, 0.15) is 48.6 Å². The van der Waals surface area contributed by atoms with Gasteiger partial charge in [-0.05, 0) is 73.6 Å². The minimum Gasteiger partial charge on any atom is -0.491 e. The Morgan fingerprint density at radius 3 is 1.98 bits per heavy atom. The number of aliphatic hydroxyl groups is 1. The van der Waals surface area contributed by atoms with E-state index < -0.39 is 11.7 Å². The van der Waals surface area contributed by atoms with Crippen molar-refractivity contribution >= 4 is 23.7 Å². The molecule has 288 valence electrons. The second-order valence-corrected chi connectivity index (χ2v) is 12.9. The van der Waals surface area contributed by atoms with Crippen LogP contribution in [0.3, 0.4) is 0 Å². The fourth-order valence-corrected chi connectivity index (χ4v) is 5.29. The van der Waals surface area contributed by atoms with Gasteiger partial charge in [0.15, 0.2) is 0 Å².